The number of amidine groups is 1. The summed E-state index contributed by atoms with van der Waals surface area (Å²) in [5.74, 6) is -6.46. The predicted molar refractivity (Wildman–Crippen MR) is 92.9 cm³/mol. The summed E-state index contributed by atoms with van der Waals surface area (Å²) >= 11 is 0. The molecule has 1 fully saturated rings. The average Bonchev–Trinajstić information content (AvgIpc) is 2.78. The highest BCUT2D eigenvalue weighted by atomic mass is 19.3. The van der Waals surface area contributed by atoms with Crippen LogP contribution in [0.1, 0.15) is 34.6 Å². The Balaban J connectivity index is 3.06. The minimum Gasteiger partial charge on any atom is -0.460 e. The molecule has 4 atom stereocenters. The summed E-state index contributed by atoms with van der Waals surface area (Å²) in [4.78, 5) is 23.7. The number of hydrogen-bond donors (Lipinski definition) is 3. The SMILES string of the molecule is CC(C)C(=O)OC(C)[C@H]1O[C@@H](N/C=C\C(=N)N)C(F)(F)[C@@H]1OC(=O)C(C)C. The van der Waals surface area contributed by atoms with E-state index >= 15 is 0 Å². The third-order valence-corrected chi connectivity index (χ3v) is 3.78. The standard InChI is InChI=1S/C17H27F2N3O5/c1-8(2)14(23)25-10(5)12-13(27-15(24)9(3)4)17(18,19)16(26-12)22-7-6-11(20)21/h6-10,12-13,16,22H,1-5H3,(H3,20,21)/b7-6-/t10?,12-,13-,16-/m1/s1. The topological polar surface area (TPSA) is 124 Å². The van der Waals surface area contributed by atoms with Gasteiger partial charge >= 0.3 is 17.9 Å². The van der Waals surface area contributed by atoms with Crippen LogP contribution in [0, 0.1) is 17.2 Å². The van der Waals surface area contributed by atoms with Gasteiger partial charge in [-0.25, -0.2) is 0 Å². The van der Waals surface area contributed by atoms with Gasteiger partial charge in [-0.05, 0) is 13.0 Å². The van der Waals surface area contributed by atoms with E-state index < -0.39 is 54.2 Å². The molecule has 1 heterocycles. The molecule has 27 heavy (non-hydrogen) atoms. The highest BCUT2D eigenvalue weighted by Gasteiger charge is 2.63. The Morgan fingerprint density at radius 1 is 1.19 bits per heavy atom. The number of esters is 2. The van der Waals surface area contributed by atoms with Gasteiger partial charge in [-0.3, -0.25) is 15.0 Å². The Morgan fingerprint density at radius 3 is 2.22 bits per heavy atom. The fourth-order valence-electron chi connectivity index (χ4n) is 2.21. The zero-order valence-electron chi connectivity index (χ0n) is 16.0. The van der Waals surface area contributed by atoms with Gasteiger partial charge in [0.1, 0.15) is 18.0 Å². The smallest absolute Gasteiger partial charge is 0.330 e. The second-order valence-corrected chi connectivity index (χ2v) is 6.92. The monoisotopic (exact) mass is 391 g/mol. The molecule has 8 nitrogen and oxygen atoms in total. The molecular weight excluding hydrogens is 364 g/mol. The summed E-state index contributed by atoms with van der Waals surface area (Å²) in [6, 6.07) is 0. The molecule has 0 bridgehead atoms. The molecule has 0 aromatic rings. The van der Waals surface area contributed by atoms with E-state index in [4.69, 9.17) is 25.4 Å². The van der Waals surface area contributed by atoms with Gasteiger partial charge in [-0.15, -0.1) is 0 Å². The lowest BCUT2D eigenvalue weighted by atomic mass is 10.0. The molecule has 1 aliphatic heterocycles. The first-order valence-corrected chi connectivity index (χ1v) is 8.58. The van der Waals surface area contributed by atoms with Crippen LogP contribution in [0.5, 0.6) is 0 Å². The van der Waals surface area contributed by atoms with Gasteiger partial charge in [0, 0.05) is 6.20 Å². The number of ether oxygens (including phenoxy) is 3. The third kappa shape index (κ3) is 5.88. The van der Waals surface area contributed by atoms with Crippen molar-refractivity contribution in [2.45, 2.75) is 65.1 Å². The van der Waals surface area contributed by atoms with Crippen molar-refractivity contribution in [3.05, 3.63) is 12.3 Å². The first-order chi connectivity index (χ1) is 12.4. The second kappa shape index (κ2) is 9.12. The van der Waals surface area contributed by atoms with Gasteiger partial charge in [0.25, 0.3) is 0 Å². The summed E-state index contributed by atoms with van der Waals surface area (Å²) in [7, 11) is 0. The molecule has 1 rings (SSSR count). The molecular formula is C17H27F2N3O5. The van der Waals surface area contributed by atoms with Crippen molar-refractivity contribution in [3.8, 4) is 0 Å². The quantitative estimate of drug-likeness (QED) is 0.326. The van der Waals surface area contributed by atoms with Crippen molar-refractivity contribution in [3.63, 3.8) is 0 Å². The number of halogens is 2. The van der Waals surface area contributed by atoms with Crippen LogP contribution in [0.4, 0.5) is 8.78 Å². The van der Waals surface area contributed by atoms with Crippen LogP contribution in [-0.2, 0) is 23.8 Å². The van der Waals surface area contributed by atoms with E-state index in [1.165, 1.54) is 20.8 Å². The first-order valence-electron chi connectivity index (χ1n) is 8.58. The van der Waals surface area contributed by atoms with Crippen LogP contribution >= 0.6 is 0 Å². The molecule has 10 heteroatoms. The Hall–Kier alpha value is -2.23. The Kier molecular flexibility index (Phi) is 7.70. The van der Waals surface area contributed by atoms with Crippen molar-refractivity contribution < 1.29 is 32.6 Å². The van der Waals surface area contributed by atoms with E-state index in [0.717, 1.165) is 12.3 Å². The average molecular weight is 391 g/mol. The largest absolute Gasteiger partial charge is 0.460 e. The molecule has 1 aliphatic rings. The van der Waals surface area contributed by atoms with Crippen molar-refractivity contribution in [1.82, 2.24) is 5.32 Å². The number of nitrogens with one attached hydrogen (secondary N) is 2. The highest BCUT2D eigenvalue weighted by molar-refractivity contribution is 5.88. The first kappa shape index (κ1) is 22.8. The van der Waals surface area contributed by atoms with Gasteiger partial charge in [0.05, 0.1) is 11.8 Å². The molecule has 0 amide bonds. The number of alkyl halides is 2. The van der Waals surface area contributed by atoms with E-state index in [-0.39, 0.29) is 5.84 Å². The van der Waals surface area contributed by atoms with E-state index in [0.29, 0.717) is 0 Å². The fraction of sp³-hybridized carbons (Fsp3) is 0.706. The van der Waals surface area contributed by atoms with Crippen molar-refractivity contribution in [2.24, 2.45) is 17.6 Å². The number of rotatable bonds is 8. The molecule has 0 spiro atoms. The maximum atomic E-state index is 14.8. The number of carbonyl (C=O) groups excluding carboxylic acids is 2. The molecule has 0 saturated carbocycles. The van der Waals surface area contributed by atoms with Crippen LogP contribution in [0.2, 0.25) is 0 Å². The zero-order chi connectivity index (χ0) is 20.9. The minimum absolute atomic E-state index is 0.345. The molecule has 0 aliphatic carbocycles. The molecule has 154 valence electrons. The number of carbonyl (C=O) groups is 2. The third-order valence-electron chi connectivity index (χ3n) is 3.78. The lowest BCUT2D eigenvalue weighted by molar-refractivity contribution is -0.180. The fourth-order valence-corrected chi connectivity index (χ4v) is 2.21. The van der Waals surface area contributed by atoms with E-state index in [9.17, 15) is 18.4 Å². The summed E-state index contributed by atoms with van der Waals surface area (Å²) in [5.41, 5.74) is 5.13. The van der Waals surface area contributed by atoms with Crippen LogP contribution in [0.15, 0.2) is 12.3 Å². The van der Waals surface area contributed by atoms with Gasteiger partial charge < -0.3 is 25.3 Å². The van der Waals surface area contributed by atoms with Crippen LogP contribution < -0.4 is 11.1 Å². The Bertz CT molecular complexity index is 595. The summed E-state index contributed by atoms with van der Waals surface area (Å²) in [5, 5.41) is 9.36. The van der Waals surface area contributed by atoms with Crippen LogP contribution in [0.25, 0.3) is 0 Å². The van der Waals surface area contributed by atoms with E-state index in [1.807, 2.05) is 0 Å². The Labute approximate surface area is 156 Å². The molecule has 1 unspecified atom stereocenters. The molecule has 4 N–H and O–H groups in total. The number of nitrogens with two attached hydrogens (primary N) is 1. The summed E-state index contributed by atoms with van der Waals surface area (Å²) in [6.45, 7) is 7.63. The van der Waals surface area contributed by atoms with Crippen molar-refractivity contribution in [1.29, 1.82) is 5.41 Å². The molecule has 0 radical (unpaired) electrons. The molecule has 1 saturated heterocycles. The van der Waals surface area contributed by atoms with Gasteiger partial charge in [-0.2, -0.15) is 8.78 Å². The highest BCUT2D eigenvalue weighted by Crippen LogP contribution is 2.39. The normalized spacial score (nSPS) is 25.6. The lowest BCUT2D eigenvalue weighted by Gasteiger charge is -2.27. The van der Waals surface area contributed by atoms with Crippen molar-refractivity contribution >= 4 is 17.8 Å². The maximum absolute atomic E-state index is 14.8. The maximum Gasteiger partial charge on any atom is 0.330 e. The zero-order valence-corrected chi connectivity index (χ0v) is 16.0. The van der Waals surface area contributed by atoms with Crippen LogP contribution in [0.3, 0.4) is 0 Å². The Morgan fingerprint density at radius 2 is 1.74 bits per heavy atom. The van der Waals surface area contributed by atoms with E-state index in [1.54, 1.807) is 13.8 Å². The second-order valence-electron chi connectivity index (χ2n) is 6.92. The van der Waals surface area contributed by atoms with Gasteiger partial charge in [0.2, 0.25) is 0 Å². The van der Waals surface area contributed by atoms with Gasteiger partial charge in [-0.1, -0.05) is 27.7 Å². The van der Waals surface area contributed by atoms with Crippen LogP contribution in [-0.4, -0.2) is 48.2 Å². The molecule has 0 aromatic carbocycles. The minimum atomic E-state index is -3.62. The number of hydrogen-bond acceptors (Lipinski definition) is 7. The van der Waals surface area contributed by atoms with Crippen molar-refractivity contribution in [2.75, 3.05) is 0 Å². The van der Waals surface area contributed by atoms with Gasteiger partial charge in [0.15, 0.2) is 12.3 Å². The summed E-state index contributed by atoms with van der Waals surface area (Å²) in [6.07, 6.45) is -4.18. The predicted octanol–water partition coefficient (Wildman–Crippen LogP) is 1.54. The molecule has 0 aromatic heterocycles. The lowest BCUT2D eigenvalue weighted by Crippen LogP contribution is -2.49. The van der Waals surface area contributed by atoms with E-state index in [2.05, 4.69) is 5.32 Å². The summed E-state index contributed by atoms with van der Waals surface area (Å²) < 4.78 is 45.1.